The van der Waals surface area contributed by atoms with Crippen molar-refractivity contribution in [1.29, 1.82) is 0 Å². The fraction of sp³-hybridized carbons (Fsp3) is 0.400. The largest absolute Gasteiger partial charge is 0.381 e. The molecule has 8 heteroatoms. The van der Waals surface area contributed by atoms with Gasteiger partial charge in [0.1, 0.15) is 5.82 Å². The van der Waals surface area contributed by atoms with Crippen LogP contribution in [-0.2, 0) is 16.6 Å². The second-order valence-electron chi connectivity index (χ2n) is 7.15. The van der Waals surface area contributed by atoms with E-state index in [1.807, 2.05) is 25.4 Å². The molecule has 4 rings (SSSR count). The number of hydrogen-bond donors (Lipinski definition) is 1. The topological polar surface area (TPSA) is 85.2 Å². The van der Waals surface area contributed by atoms with E-state index in [1.165, 1.54) is 0 Å². The van der Waals surface area contributed by atoms with Crippen LogP contribution in [0.4, 0.5) is 5.82 Å². The summed E-state index contributed by atoms with van der Waals surface area (Å²) in [5.41, 5.74) is 1.79. The first-order valence-electron chi connectivity index (χ1n) is 9.40. The first-order valence-corrected chi connectivity index (χ1v) is 9.40. The number of anilines is 1. The van der Waals surface area contributed by atoms with E-state index in [9.17, 15) is 4.79 Å². The van der Waals surface area contributed by atoms with Crippen LogP contribution in [-0.4, -0.2) is 63.4 Å². The van der Waals surface area contributed by atoms with Gasteiger partial charge in [0.2, 0.25) is 5.91 Å². The quantitative estimate of drug-likeness (QED) is 0.729. The molecule has 1 N–H and O–H groups in total. The predicted octanol–water partition coefficient (Wildman–Crippen LogP) is 2.08. The zero-order valence-corrected chi connectivity index (χ0v) is 16.1. The Morgan fingerprint density at radius 1 is 1.18 bits per heavy atom. The molecule has 3 aromatic heterocycles. The first-order chi connectivity index (χ1) is 13.6. The molecule has 1 aliphatic rings. The van der Waals surface area contributed by atoms with Gasteiger partial charge in [-0.05, 0) is 30.4 Å². The van der Waals surface area contributed by atoms with Gasteiger partial charge in [0.05, 0.1) is 24.5 Å². The van der Waals surface area contributed by atoms with E-state index < -0.39 is 0 Å². The molecule has 0 radical (unpaired) electrons. The van der Waals surface area contributed by atoms with E-state index >= 15 is 0 Å². The van der Waals surface area contributed by atoms with Gasteiger partial charge in [-0.15, -0.1) is 0 Å². The minimum absolute atomic E-state index is 0.0516. The molecular weight excluding hydrogens is 356 g/mol. The van der Waals surface area contributed by atoms with Crippen LogP contribution in [0.2, 0.25) is 0 Å². The molecule has 0 spiro atoms. The Morgan fingerprint density at radius 2 is 1.96 bits per heavy atom. The van der Waals surface area contributed by atoms with Gasteiger partial charge < -0.3 is 10.1 Å². The van der Waals surface area contributed by atoms with Crippen molar-refractivity contribution in [1.82, 2.24) is 24.6 Å². The highest BCUT2D eigenvalue weighted by molar-refractivity contribution is 5.94. The van der Waals surface area contributed by atoms with Gasteiger partial charge in [0.15, 0.2) is 0 Å². The molecule has 0 aliphatic carbocycles. The number of nitrogens with zero attached hydrogens (tertiary/aromatic N) is 5. The van der Waals surface area contributed by atoms with Crippen LogP contribution >= 0.6 is 0 Å². The fourth-order valence-electron chi connectivity index (χ4n) is 3.51. The number of pyridine rings is 2. The number of carbonyl (C=O) groups excluding carboxylic acids is 1. The molecule has 1 fully saturated rings. The number of hydrogen-bond acceptors (Lipinski definition) is 6. The Morgan fingerprint density at radius 3 is 2.68 bits per heavy atom. The lowest BCUT2D eigenvalue weighted by molar-refractivity contribution is -0.117. The first kappa shape index (κ1) is 18.5. The second kappa shape index (κ2) is 8.04. The van der Waals surface area contributed by atoms with E-state index in [-0.39, 0.29) is 5.91 Å². The van der Waals surface area contributed by atoms with Crippen LogP contribution in [0.5, 0.6) is 0 Å². The fourth-order valence-corrected chi connectivity index (χ4v) is 3.51. The number of fused-ring (bicyclic) bond motifs is 1. The molecule has 0 bridgehead atoms. The smallest absolute Gasteiger partial charge is 0.239 e. The maximum absolute atomic E-state index is 12.4. The Labute approximate surface area is 163 Å². The summed E-state index contributed by atoms with van der Waals surface area (Å²) >= 11 is 0. The maximum Gasteiger partial charge on any atom is 0.239 e. The highest BCUT2D eigenvalue weighted by Gasteiger charge is 2.20. The number of ether oxygens (including phenoxy) is 1. The number of likely N-dealkylation sites (tertiary alicyclic amines) is 1. The number of rotatable bonds is 5. The van der Waals surface area contributed by atoms with Crippen molar-refractivity contribution in [2.45, 2.75) is 18.9 Å². The van der Waals surface area contributed by atoms with E-state index in [4.69, 9.17) is 4.74 Å². The molecule has 146 valence electrons. The van der Waals surface area contributed by atoms with Crippen molar-refractivity contribution in [2.24, 2.45) is 7.05 Å². The molecule has 8 nitrogen and oxygen atoms in total. The molecule has 4 heterocycles. The lowest BCUT2D eigenvalue weighted by Gasteiger charge is -2.30. The maximum atomic E-state index is 12.4. The summed E-state index contributed by atoms with van der Waals surface area (Å²) in [6.07, 6.45) is 9.45. The van der Waals surface area contributed by atoms with E-state index in [0.29, 0.717) is 18.5 Å². The lowest BCUT2D eigenvalue weighted by Crippen LogP contribution is -2.41. The lowest BCUT2D eigenvalue weighted by atomic mass is 10.1. The molecule has 1 aliphatic heterocycles. The molecule has 0 saturated carbocycles. The summed E-state index contributed by atoms with van der Waals surface area (Å²) in [6, 6.07) is 3.87. The van der Waals surface area contributed by atoms with Crippen molar-refractivity contribution >= 4 is 22.5 Å². The van der Waals surface area contributed by atoms with Crippen LogP contribution in [0.1, 0.15) is 12.8 Å². The van der Waals surface area contributed by atoms with Gasteiger partial charge in [-0.2, -0.15) is 5.10 Å². The van der Waals surface area contributed by atoms with Gasteiger partial charge in [-0.25, -0.2) is 4.98 Å². The third kappa shape index (κ3) is 4.18. The van der Waals surface area contributed by atoms with Gasteiger partial charge in [0.25, 0.3) is 0 Å². The van der Waals surface area contributed by atoms with Crippen LogP contribution in [0.15, 0.2) is 36.9 Å². The minimum Gasteiger partial charge on any atom is -0.381 e. The van der Waals surface area contributed by atoms with E-state index in [1.54, 1.807) is 30.4 Å². The third-order valence-corrected chi connectivity index (χ3v) is 5.11. The van der Waals surface area contributed by atoms with Gasteiger partial charge in [0, 0.05) is 56.8 Å². The van der Waals surface area contributed by atoms with Crippen molar-refractivity contribution in [3.8, 4) is 11.3 Å². The number of carbonyl (C=O) groups is 1. The summed E-state index contributed by atoms with van der Waals surface area (Å²) in [6.45, 7) is 2.11. The number of aryl methyl sites for hydroxylation is 1. The van der Waals surface area contributed by atoms with Gasteiger partial charge in [-0.1, -0.05) is 0 Å². The second-order valence-corrected chi connectivity index (χ2v) is 7.15. The van der Waals surface area contributed by atoms with Crippen LogP contribution in [0.3, 0.4) is 0 Å². The van der Waals surface area contributed by atoms with Crippen molar-refractivity contribution in [3.63, 3.8) is 0 Å². The molecule has 1 amide bonds. The van der Waals surface area contributed by atoms with E-state index in [0.717, 1.165) is 48.0 Å². The zero-order valence-electron chi connectivity index (χ0n) is 16.1. The minimum atomic E-state index is -0.0516. The predicted molar refractivity (Wildman–Crippen MR) is 107 cm³/mol. The Balaban J connectivity index is 1.44. The summed E-state index contributed by atoms with van der Waals surface area (Å²) in [7, 11) is 3.62. The number of amides is 1. The average Bonchev–Trinajstić information content (AvgIpc) is 3.14. The highest BCUT2D eigenvalue weighted by Crippen LogP contribution is 2.23. The molecule has 0 unspecified atom stereocenters. The number of methoxy groups -OCH3 is 1. The van der Waals surface area contributed by atoms with Crippen LogP contribution in [0, 0.1) is 0 Å². The SMILES string of the molecule is COC1CCN(CC(=O)Nc2cc3cc(-c4cnn(C)c4)ncc3cn2)CC1. The highest BCUT2D eigenvalue weighted by atomic mass is 16.5. The summed E-state index contributed by atoms with van der Waals surface area (Å²) < 4.78 is 7.12. The monoisotopic (exact) mass is 380 g/mol. The molecule has 0 aromatic carbocycles. The third-order valence-electron chi connectivity index (χ3n) is 5.11. The molecule has 28 heavy (non-hydrogen) atoms. The standard InChI is InChI=1S/C20H24N6O2/c1-25-12-16(11-23-25)18-7-14-8-19(22-10-15(14)9-21-18)24-20(27)13-26-5-3-17(28-2)4-6-26/h7-12,17H,3-6,13H2,1-2H3,(H,22,24,27). The molecule has 1 saturated heterocycles. The number of nitrogens with one attached hydrogen (secondary N) is 1. The van der Waals surface area contributed by atoms with Crippen LogP contribution in [0.25, 0.3) is 22.0 Å². The number of piperidine rings is 1. The normalized spacial score (nSPS) is 15.8. The average molecular weight is 380 g/mol. The molecule has 0 atom stereocenters. The Bertz CT molecular complexity index is 978. The molecular formula is C20H24N6O2. The summed E-state index contributed by atoms with van der Waals surface area (Å²) in [5.74, 6) is 0.497. The Kier molecular flexibility index (Phi) is 5.31. The summed E-state index contributed by atoms with van der Waals surface area (Å²) in [5, 5.41) is 9.00. The van der Waals surface area contributed by atoms with E-state index in [2.05, 4.69) is 25.3 Å². The van der Waals surface area contributed by atoms with Crippen molar-refractivity contribution < 1.29 is 9.53 Å². The van der Waals surface area contributed by atoms with Gasteiger partial charge in [-0.3, -0.25) is 19.4 Å². The molecule has 3 aromatic rings. The zero-order chi connectivity index (χ0) is 19.5. The van der Waals surface area contributed by atoms with Crippen molar-refractivity contribution in [2.75, 3.05) is 32.1 Å². The Hall–Kier alpha value is -2.84. The van der Waals surface area contributed by atoms with Crippen molar-refractivity contribution in [3.05, 3.63) is 36.9 Å². The number of aromatic nitrogens is 4. The van der Waals surface area contributed by atoms with Gasteiger partial charge >= 0.3 is 0 Å². The summed E-state index contributed by atoms with van der Waals surface area (Å²) in [4.78, 5) is 23.4. The van der Waals surface area contributed by atoms with Crippen LogP contribution < -0.4 is 5.32 Å².